The van der Waals surface area contributed by atoms with Gasteiger partial charge in [0.05, 0.1) is 5.92 Å². The van der Waals surface area contributed by atoms with E-state index in [1.807, 2.05) is 6.07 Å². The average Bonchev–Trinajstić information content (AvgIpc) is 3.22. The zero-order chi connectivity index (χ0) is 13.4. The highest BCUT2D eigenvalue weighted by atomic mass is 16.4. The zero-order valence-electron chi connectivity index (χ0n) is 11.1. The first-order valence-electron chi connectivity index (χ1n) is 6.94. The summed E-state index contributed by atoms with van der Waals surface area (Å²) < 4.78 is 0. The number of piperidine rings is 1. The van der Waals surface area contributed by atoms with Crippen LogP contribution in [-0.2, 0) is 4.79 Å². The molecule has 0 radical (unpaired) electrons. The lowest BCUT2D eigenvalue weighted by Gasteiger charge is -2.35. The van der Waals surface area contributed by atoms with Gasteiger partial charge in [-0.2, -0.15) is 0 Å². The molecule has 19 heavy (non-hydrogen) atoms. The lowest BCUT2D eigenvalue weighted by atomic mass is 9.90. The maximum atomic E-state index is 11.2. The van der Waals surface area contributed by atoms with Gasteiger partial charge in [-0.3, -0.25) is 4.79 Å². The molecule has 102 valence electrons. The van der Waals surface area contributed by atoms with Gasteiger partial charge in [0.1, 0.15) is 11.6 Å². The Kier molecular flexibility index (Phi) is 3.12. The molecule has 3 rings (SSSR count). The second kappa shape index (κ2) is 4.79. The molecule has 2 aliphatic rings. The number of carboxylic acid groups (broad SMARTS) is 1. The van der Waals surface area contributed by atoms with Crippen molar-refractivity contribution in [1.82, 2.24) is 9.97 Å². The first kappa shape index (κ1) is 12.4. The minimum atomic E-state index is -0.701. The van der Waals surface area contributed by atoms with Crippen LogP contribution in [0.2, 0.25) is 0 Å². The second-order valence-corrected chi connectivity index (χ2v) is 5.83. The molecule has 1 N–H and O–H groups in total. The Hall–Kier alpha value is -1.65. The Bertz CT molecular complexity index is 487. The molecule has 2 unspecified atom stereocenters. The van der Waals surface area contributed by atoms with Crippen molar-refractivity contribution in [3.05, 3.63) is 18.1 Å². The van der Waals surface area contributed by atoms with Gasteiger partial charge < -0.3 is 10.0 Å². The summed E-state index contributed by atoms with van der Waals surface area (Å²) in [5, 5.41) is 9.21. The minimum Gasteiger partial charge on any atom is -0.481 e. The number of hydrogen-bond donors (Lipinski definition) is 1. The second-order valence-electron chi connectivity index (χ2n) is 5.83. The number of carboxylic acids is 1. The summed E-state index contributed by atoms with van der Waals surface area (Å²) >= 11 is 0. The van der Waals surface area contributed by atoms with Crippen molar-refractivity contribution < 1.29 is 9.90 Å². The molecule has 2 atom stereocenters. The molecule has 1 aliphatic carbocycles. The monoisotopic (exact) mass is 261 g/mol. The van der Waals surface area contributed by atoms with Crippen LogP contribution in [0.4, 0.5) is 5.82 Å². The third-order valence-electron chi connectivity index (χ3n) is 3.93. The average molecular weight is 261 g/mol. The lowest BCUT2D eigenvalue weighted by molar-refractivity contribution is -0.142. The Balaban J connectivity index is 1.80. The van der Waals surface area contributed by atoms with E-state index in [0.29, 0.717) is 18.4 Å². The summed E-state index contributed by atoms with van der Waals surface area (Å²) in [5.41, 5.74) is 0. The van der Waals surface area contributed by atoms with Crippen molar-refractivity contribution in [1.29, 1.82) is 0 Å². The standard InChI is InChI=1S/C14H19N3O2/c1-9-6-11(14(18)19)8-17(7-9)12-4-5-15-13(16-12)10-2-3-10/h4-5,9-11H,2-3,6-8H2,1H3,(H,18,19). The predicted octanol–water partition coefficient (Wildman–Crippen LogP) is 1.90. The van der Waals surface area contributed by atoms with Gasteiger partial charge in [0.2, 0.25) is 0 Å². The van der Waals surface area contributed by atoms with E-state index in [9.17, 15) is 9.90 Å². The van der Waals surface area contributed by atoms with Crippen LogP contribution >= 0.6 is 0 Å². The van der Waals surface area contributed by atoms with E-state index >= 15 is 0 Å². The van der Waals surface area contributed by atoms with Crippen LogP contribution < -0.4 is 4.90 Å². The molecule has 0 bridgehead atoms. The van der Waals surface area contributed by atoms with Gasteiger partial charge >= 0.3 is 5.97 Å². The topological polar surface area (TPSA) is 66.3 Å². The maximum absolute atomic E-state index is 11.2. The van der Waals surface area contributed by atoms with E-state index in [-0.39, 0.29) is 5.92 Å². The molecule has 0 spiro atoms. The molecule has 1 aliphatic heterocycles. The number of hydrogen-bond acceptors (Lipinski definition) is 4. The third kappa shape index (κ3) is 2.69. The summed E-state index contributed by atoms with van der Waals surface area (Å²) in [4.78, 5) is 22.2. The molecular formula is C14H19N3O2. The SMILES string of the molecule is CC1CC(C(=O)O)CN(c2ccnc(C3CC3)n2)C1. The summed E-state index contributed by atoms with van der Waals surface area (Å²) in [6.07, 6.45) is 4.91. The molecule has 0 aromatic carbocycles. The smallest absolute Gasteiger partial charge is 0.308 e. The van der Waals surface area contributed by atoms with Crippen molar-refractivity contribution in [3.63, 3.8) is 0 Å². The minimum absolute atomic E-state index is 0.289. The first-order chi connectivity index (χ1) is 9.13. The van der Waals surface area contributed by atoms with Crippen LogP contribution in [0.5, 0.6) is 0 Å². The summed E-state index contributed by atoms with van der Waals surface area (Å²) in [6, 6.07) is 1.89. The third-order valence-corrected chi connectivity index (χ3v) is 3.93. The zero-order valence-corrected chi connectivity index (χ0v) is 11.1. The van der Waals surface area contributed by atoms with Gasteiger partial charge in [-0.05, 0) is 31.2 Å². The van der Waals surface area contributed by atoms with Crippen LogP contribution in [0, 0.1) is 11.8 Å². The molecular weight excluding hydrogens is 242 g/mol. The van der Waals surface area contributed by atoms with Crippen molar-refractivity contribution >= 4 is 11.8 Å². The van der Waals surface area contributed by atoms with Crippen LogP contribution in [0.1, 0.15) is 37.9 Å². The van der Waals surface area contributed by atoms with Crippen molar-refractivity contribution in [3.8, 4) is 0 Å². The summed E-state index contributed by atoms with van der Waals surface area (Å²) in [6.45, 7) is 3.54. The number of rotatable bonds is 3. The van der Waals surface area contributed by atoms with Gasteiger partial charge in [-0.25, -0.2) is 9.97 Å². The fraction of sp³-hybridized carbons (Fsp3) is 0.643. The largest absolute Gasteiger partial charge is 0.481 e. The van der Waals surface area contributed by atoms with Crippen LogP contribution in [0.3, 0.4) is 0 Å². The van der Waals surface area contributed by atoms with Crippen molar-refractivity contribution in [2.45, 2.75) is 32.1 Å². The lowest BCUT2D eigenvalue weighted by Crippen LogP contribution is -2.43. The fourth-order valence-electron chi connectivity index (χ4n) is 2.80. The van der Waals surface area contributed by atoms with Crippen LogP contribution in [0.15, 0.2) is 12.3 Å². The predicted molar refractivity (Wildman–Crippen MR) is 71.1 cm³/mol. The Labute approximate surface area is 112 Å². The first-order valence-corrected chi connectivity index (χ1v) is 6.94. The van der Waals surface area contributed by atoms with Crippen LogP contribution in [0.25, 0.3) is 0 Å². The van der Waals surface area contributed by atoms with Crippen LogP contribution in [-0.4, -0.2) is 34.1 Å². The molecule has 1 saturated carbocycles. The van der Waals surface area contributed by atoms with Gasteiger partial charge in [0.25, 0.3) is 0 Å². The maximum Gasteiger partial charge on any atom is 0.308 e. The normalized spacial score (nSPS) is 27.3. The summed E-state index contributed by atoms with van der Waals surface area (Å²) in [5.74, 6) is 1.72. The molecule has 1 aromatic rings. The molecule has 0 amide bonds. The number of aliphatic carboxylic acids is 1. The number of anilines is 1. The highest BCUT2D eigenvalue weighted by Gasteiger charge is 2.31. The summed E-state index contributed by atoms with van der Waals surface area (Å²) in [7, 11) is 0. The van der Waals surface area contributed by atoms with Gasteiger partial charge in [0.15, 0.2) is 0 Å². The number of carbonyl (C=O) groups is 1. The number of aromatic nitrogens is 2. The fourth-order valence-corrected chi connectivity index (χ4v) is 2.80. The van der Waals surface area contributed by atoms with Crippen molar-refractivity contribution in [2.24, 2.45) is 11.8 Å². The molecule has 5 heteroatoms. The van der Waals surface area contributed by atoms with E-state index in [0.717, 1.165) is 24.6 Å². The molecule has 1 aromatic heterocycles. The van der Waals surface area contributed by atoms with Gasteiger partial charge in [0, 0.05) is 25.2 Å². The molecule has 2 fully saturated rings. The van der Waals surface area contributed by atoms with E-state index < -0.39 is 5.97 Å². The molecule has 5 nitrogen and oxygen atoms in total. The Morgan fingerprint density at radius 1 is 1.42 bits per heavy atom. The van der Waals surface area contributed by atoms with E-state index in [1.54, 1.807) is 6.20 Å². The molecule has 2 heterocycles. The van der Waals surface area contributed by atoms with Crippen molar-refractivity contribution in [2.75, 3.05) is 18.0 Å². The van der Waals surface area contributed by atoms with Gasteiger partial charge in [-0.15, -0.1) is 0 Å². The highest BCUT2D eigenvalue weighted by molar-refractivity contribution is 5.71. The molecule has 1 saturated heterocycles. The van der Waals surface area contributed by atoms with E-state index in [1.165, 1.54) is 12.8 Å². The Morgan fingerprint density at radius 3 is 2.89 bits per heavy atom. The van der Waals surface area contributed by atoms with E-state index in [2.05, 4.69) is 21.8 Å². The number of nitrogens with zero attached hydrogens (tertiary/aromatic N) is 3. The van der Waals surface area contributed by atoms with Gasteiger partial charge in [-0.1, -0.05) is 6.92 Å². The van der Waals surface area contributed by atoms with E-state index in [4.69, 9.17) is 0 Å². The Morgan fingerprint density at radius 2 is 2.21 bits per heavy atom. The quantitative estimate of drug-likeness (QED) is 0.900. The highest BCUT2D eigenvalue weighted by Crippen LogP contribution is 2.38.